The second-order valence-corrected chi connectivity index (χ2v) is 13.5. The van der Waals surface area contributed by atoms with Crippen LogP contribution >= 0.6 is 11.3 Å². The molecular weight excluding hydrogens is 721 g/mol. The number of esters is 2. The molecule has 0 atom stereocenters. The Kier molecular flexibility index (Phi) is 13.7. The van der Waals surface area contributed by atoms with Crippen LogP contribution in [0.3, 0.4) is 0 Å². The normalized spacial score (nSPS) is 13.3. The molecule has 0 spiro atoms. The average Bonchev–Trinajstić information content (AvgIpc) is 3.74. The van der Waals surface area contributed by atoms with Gasteiger partial charge in [-0.3, -0.25) is 19.8 Å². The first-order valence-electron chi connectivity index (χ1n) is 17.5. The number of anilines is 1. The largest absolute Gasteiger partial charge is 0.494 e. The minimum Gasteiger partial charge on any atom is -0.494 e. The van der Waals surface area contributed by atoms with Crippen LogP contribution in [-0.4, -0.2) is 109 Å². The van der Waals surface area contributed by atoms with Gasteiger partial charge in [0.05, 0.1) is 84.7 Å². The summed E-state index contributed by atoms with van der Waals surface area (Å²) in [6.45, 7) is 8.20. The highest BCUT2D eigenvalue weighted by atomic mass is 32.1. The Morgan fingerprint density at radius 2 is 1.72 bits per heavy atom. The molecule has 17 heteroatoms. The van der Waals surface area contributed by atoms with E-state index in [4.69, 9.17) is 28.7 Å². The standard InChI is InChI=1S/C37H44N6O10S/c1-6-26-35(54-23(2)39-26)29(44)22-32-40-27-18-24(36(45)50-4)21-31(49-3)34(27)42(32)12-8-7-10-38-33-28(43(47)48)19-25(37(46)51-5)20-30(33)53-15-9-11-41-13-16-52-17-14-41/h7-8,18-21,38H,6,9-17,22H2,1-5H3/b8-7+. The highest BCUT2D eigenvalue weighted by Crippen LogP contribution is 2.37. The summed E-state index contributed by atoms with van der Waals surface area (Å²) in [5, 5.41) is 16.1. The van der Waals surface area contributed by atoms with E-state index in [1.54, 1.807) is 18.2 Å². The summed E-state index contributed by atoms with van der Waals surface area (Å²) in [5.41, 5.74) is 1.76. The maximum atomic E-state index is 13.6. The number of thiazole rings is 1. The summed E-state index contributed by atoms with van der Waals surface area (Å²) >= 11 is 1.34. The molecule has 0 amide bonds. The Morgan fingerprint density at radius 3 is 2.39 bits per heavy atom. The van der Waals surface area contributed by atoms with Crippen LogP contribution in [0, 0.1) is 17.0 Å². The fourth-order valence-electron chi connectivity index (χ4n) is 6.14. The number of ketones is 1. The van der Waals surface area contributed by atoms with Crippen LogP contribution in [0.25, 0.3) is 11.0 Å². The lowest BCUT2D eigenvalue weighted by molar-refractivity contribution is -0.384. The number of nitrogens with zero attached hydrogens (tertiary/aromatic N) is 5. The number of carbonyl (C=O) groups excluding carboxylic acids is 3. The van der Waals surface area contributed by atoms with Crippen molar-refractivity contribution in [3.63, 3.8) is 0 Å². The van der Waals surface area contributed by atoms with Gasteiger partial charge in [0.15, 0.2) is 11.5 Å². The number of allylic oxidation sites excluding steroid dienone is 1. The number of imidazole rings is 1. The van der Waals surface area contributed by atoms with Crippen LogP contribution in [0.5, 0.6) is 11.5 Å². The van der Waals surface area contributed by atoms with E-state index in [1.165, 1.54) is 38.7 Å². The molecule has 0 radical (unpaired) electrons. The predicted molar refractivity (Wildman–Crippen MR) is 201 cm³/mol. The number of carbonyl (C=O) groups is 3. The van der Waals surface area contributed by atoms with Crippen molar-refractivity contribution in [2.24, 2.45) is 0 Å². The molecule has 1 fully saturated rings. The Labute approximate surface area is 316 Å². The summed E-state index contributed by atoms with van der Waals surface area (Å²) in [6, 6.07) is 5.74. The Hall–Kier alpha value is -5.39. The summed E-state index contributed by atoms with van der Waals surface area (Å²) in [4.78, 5) is 62.2. The topological polar surface area (TPSA) is 186 Å². The first kappa shape index (κ1) is 39.8. The fraction of sp³-hybridized carbons (Fsp3) is 0.432. The average molecular weight is 765 g/mol. The van der Waals surface area contributed by atoms with Gasteiger partial charge in [-0.2, -0.15) is 0 Å². The van der Waals surface area contributed by atoms with Crippen molar-refractivity contribution in [2.45, 2.75) is 39.7 Å². The fourth-order valence-corrected chi connectivity index (χ4v) is 7.09. The minimum atomic E-state index is -0.727. The number of Topliss-reactive ketones (excluding diaryl/α,β-unsaturated/α-hetero) is 1. The molecule has 54 heavy (non-hydrogen) atoms. The van der Waals surface area contributed by atoms with E-state index in [0.717, 1.165) is 36.4 Å². The number of benzene rings is 2. The third-order valence-electron chi connectivity index (χ3n) is 8.77. The molecule has 5 rings (SSSR count). The maximum Gasteiger partial charge on any atom is 0.338 e. The van der Waals surface area contributed by atoms with Crippen molar-refractivity contribution < 1.29 is 43.0 Å². The molecule has 288 valence electrons. The number of rotatable bonds is 18. The van der Waals surface area contributed by atoms with Crippen LogP contribution in [-0.2, 0) is 33.6 Å². The summed E-state index contributed by atoms with van der Waals surface area (Å²) in [7, 11) is 3.97. The van der Waals surface area contributed by atoms with Crippen molar-refractivity contribution in [3.8, 4) is 11.5 Å². The van der Waals surface area contributed by atoms with Crippen LogP contribution in [0.2, 0.25) is 0 Å². The van der Waals surface area contributed by atoms with Gasteiger partial charge in [-0.15, -0.1) is 11.3 Å². The lowest BCUT2D eigenvalue weighted by atomic mass is 10.1. The van der Waals surface area contributed by atoms with Crippen molar-refractivity contribution in [1.82, 2.24) is 19.4 Å². The van der Waals surface area contributed by atoms with Gasteiger partial charge in [0.1, 0.15) is 22.8 Å². The SMILES string of the molecule is CCc1nc(C)sc1C(=O)Cc1nc2cc(C(=O)OC)cc(OC)c2n1C/C=C/CNc1c(OCCCN2CCOCC2)cc(C(=O)OC)cc1[N+](=O)[O-]. The van der Waals surface area contributed by atoms with Gasteiger partial charge in [0, 0.05) is 38.8 Å². The number of fused-ring (bicyclic) bond motifs is 1. The van der Waals surface area contributed by atoms with Gasteiger partial charge in [-0.05, 0) is 38.0 Å². The second kappa shape index (κ2) is 18.6. The third kappa shape index (κ3) is 9.39. The molecule has 16 nitrogen and oxygen atoms in total. The molecule has 2 aromatic carbocycles. The van der Waals surface area contributed by atoms with E-state index in [2.05, 4.69) is 15.2 Å². The third-order valence-corrected chi connectivity index (χ3v) is 9.82. The summed E-state index contributed by atoms with van der Waals surface area (Å²) in [5.74, 6) is -0.456. The van der Waals surface area contributed by atoms with Gasteiger partial charge in [-0.1, -0.05) is 19.1 Å². The number of morpholine rings is 1. The Bertz CT molecular complexity index is 2030. The number of hydrogen-bond donors (Lipinski definition) is 1. The van der Waals surface area contributed by atoms with E-state index < -0.39 is 16.9 Å². The lowest BCUT2D eigenvalue weighted by Crippen LogP contribution is -2.37. The van der Waals surface area contributed by atoms with E-state index in [9.17, 15) is 24.5 Å². The van der Waals surface area contributed by atoms with E-state index in [-0.39, 0.29) is 60.2 Å². The first-order chi connectivity index (χ1) is 26.1. The summed E-state index contributed by atoms with van der Waals surface area (Å²) in [6.07, 6.45) is 4.83. The van der Waals surface area contributed by atoms with Crippen molar-refractivity contribution >= 4 is 51.5 Å². The number of hydrogen-bond acceptors (Lipinski definition) is 15. The zero-order valence-electron chi connectivity index (χ0n) is 31.0. The van der Waals surface area contributed by atoms with E-state index >= 15 is 0 Å². The molecule has 2 aromatic heterocycles. The molecule has 4 aromatic rings. The number of nitrogens with one attached hydrogen (secondary N) is 1. The van der Waals surface area contributed by atoms with Crippen LogP contribution in [0.15, 0.2) is 36.4 Å². The Balaban J connectivity index is 1.40. The molecular formula is C37H44N6O10S. The number of nitro groups is 1. The summed E-state index contributed by atoms with van der Waals surface area (Å²) < 4.78 is 28.7. The smallest absolute Gasteiger partial charge is 0.338 e. The predicted octanol–water partition coefficient (Wildman–Crippen LogP) is 5.05. The molecule has 0 saturated carbocycles. The highest BCUT2D eigenvalue weighted by Gasteiger charge is 2.25. The van der Waals surface area contributed by atoms with E-state index in [0.29, 0.717) is 53.5 Å². The first-order valence-corrected chi connectivity index (χ1v) is 18.3. The molecule has 0 bridgehead atoms. The van der Waals surface area contributed by atoms with E-state index in [1.807, 2.05) is 24.5 Å². The van der Waals surface area contributed by atoms with Crippen molar-refractivity contribution in [1.29, 1.82) is 0 Å². The molecule has 1 aliphatic rings. The lowest BCUT2D eigenvalue weighted by Gasteiger charge is -2.26. The molecule has 1 N–H and O–H groups in total. The zero-order valence-corrected chi connectivity index (χ0v) is 31.8. The van der Waals surface area contributed by atoms with Crippen LogP contribution in [0.4, 0.5) is 11.4 Å². The van der Waals surface area contributed by atoms with Gasteiger partial charge >= 0.3 is 11.9 Å². The number of aromatic nitrogens is 3. The maximum absolute atomic E-state index is 13.6. The van der Waals surface area contributed by atoms with Crippen LogP contribution in [0.1, 0.15) is 60.3 Å². The van der Waals surface area contributed by atoms with Gasteiger partial charge in [-0.25, -0.2) is 19.6 Å². The Morgan fingerprint density at radius 1 is 1.02 bits per heavy atom. The van der Waals surface area contributed by atoms with Gasteiger partial charge < -0.3 is 33.6 Å². The molecule has 0 unspecified atom stereocenters. The number of methoxy groups -OCH3 is 3. The highest BCUT2D eigenvalue weighted by molar-refractivity contribution is 7.13. The molecule has 1 saturated heterocycles. The monoisotopic (exact) mass is 764 g/mol. The molecule has 0 aliphatic carbocycles. The van der Waals surface area contributed by atoms with Crippen molar-refractivity contribution in [2.75, 3.05) is 72.6 Å². The van der Waals surface area contributed by atoms with Crippen LogP contribution < -0.4 is 14.8 Å². The number of ether oxygens (including phenoxy) is 5. The molecule has 1 aliphatic heterocycles. The minimum absolute atomic E-state index is 0.00798. The van der Waals surface area contributed by atoms with Crippen molar-refractivity contribution in [3.05, 3.63) is 79.1 Å². The number of nitro benzene ring substituents is 1. The molecule has 3 heterocycles. The zero-order chi connectivity index (χ0) is 38.8. The quantitative estimate of drug-likeness (QED) is 0.0354. The van der Waals surface area contributed by atoms with Gasteiger partial charge in [0.2, 0.25) is 0 Å². The van der Waals surface area contributed by atoms with Gasteiger partial charge in [0.25, 0.3) is 5.69 Å². The number of aryl methyl sites for hydroxylation is 2. The second-order valence-electron chi connectivity index (χ2n) is 12.3.